The molecule has 1 saturated heterocycles. The van der Waals surface area contributed by atoms with Crippen molar-refractivity contribution in [2.24, 2.45) is 11.7 Å². The van der Waals surface area contributed by atoms with Crippen LogP contribution < -0.4 is 11.3 Å². The number of nitrogens with one attached hydrogen (secondary N) is 1. The Morgan fingerprint density at radius 3 is 3.14 bits per heavy atom. The number of H-pyrrole nitrogens is 1. The molecule has 0 aliphatic carbocycles. The highest BCUT2D eigenvalue weighted by Gasteiger charge is 2.27. The minimum absolute atomic E-state index is 0. The summed E-state index contributed by atoms with van der Waals surface area (Å²) in [5.74, 6) is 1.35. The van der Waals surface area contributed by atoms with E-state index in [0.717, 1.165) is 17.9 Å². The van der Waals surface area contributed by atoms with Gasteiger partial charge in [0.05, 0.1) is 12.1 Å². The third-order valence-electron chi connectivity index (χ3n) is 4.19. The van der Waals surface area contributed by atoms with E-state index in [9.17, 15) is 4.79 Å². The molecule has 2 atom stereocenters. The molecular formula is C14H21ClN4OS. The van der Waals surface area contributed by atoms with Crippen molar-refractivity contribution in [3.8, 4) is 0 Å². The predicted octanol–water partition coefficient (Wildman–Crippen LogP) is 1.97. The normalized spacial score (nSPS) is 23.1. The predicted molar refractivity (Wildman–Crippen MR) is 89.1 cm³/mol. The summed E-state index contributed by atoms with van der Waals surface area (Å²) in [5, 5.41) is 1.91. The summed E-state index contributed by atoms with van der Waals surface area (Å²) in [6.07, 6.45) is 2.41. The van der Waals surface area contributed by atoms with Gasteiger partial charge < -0.3 is 10.7 Å². The van der Waals surface area contributed by atoms with Crippen molar-refractivity contribution in [1.29, 1.82) is 0 Å². The number of nitrogens with zero attached hydrogens (tertiary/aromatic N) is 2. The van der Waals surface area contributed by atoms with Crippen LogP contribution in [0.3, 0.4) is 0 Å². The van der Waals surface area contributed by atoms with Crippen molar-refractivity contribution < 1.29 is 0 Å². The second kappa shape index (κ2) is 6.87. The van der Waals surface area contributed by atoms with Crippen LogP contribution in [-0.2, 0) is 6.54 Å². The molecule has 3 N–H and O–H groups in total. The molecule has 2 unspecified atom stereocenters. The maximum atomic E-state index is 12.0. The smallest absolute Gasteiger partial charge is 0.268 e. The number of piperidine rings is 1. The van der Waals surface area contributed by atoms with Crippen molar-refractivity contribution in [2.45, 2.75) is 32.4 Å². The fourth-order valence-electron chi connectivity index (χ4n) is 3.10. The highest BCUT2D eigenvalue weighted by Crippen LogP contribution is 2.24. The van der Waals surface area contributed by atoms with Gasteiger partial charge >= 0.3 is 0 Å². The molecule has 1 aliphatic heterocycles. The Balaban J connectivity index is 0.00000161. The van der Waals surface area contributed by atoms with Gasteiger partial charge in [-0.05, 0) is 36.8 Å². The van der Waals surface area contributed by atoms with Crippen LogP contribution in [0.1, 0.15) is 25.6 Å². The highest BCUT2D eigenvalue weighted by molar-refractivity contribution is 7.17. The van der Waals surface area contributed by atoms with Crippen molar-refractivity contribution in [3.63, 3.8) is 0 Å². The van der Waals surface area contributed by atoms with E-state index < -0.39 is 0 Å². The largest absolute Gasteiger partial charge is 0.329 e. The van der Waals surface area contributed by atoms with Gasteiger partial charge in [0.15, 0.2) is 0 Å². The van der Waals surface area contributed by atoms with Crippen LogP contribution in [0.25, 0.3) is 10.2 Å². The summed E-state index contributed by atoms with van der Waals surface area (Å²) in [5.41, 5.74) is 6.67. The first-order chi connectivity index (χ1) is 9.69. The van der Waals surface area contributed by atoms with Crippen molar-refractivity contribution in [3.05, 3.63) is 27.6 Å². The molecule has 116 valence electrons. The van der Waals surface area contributed by atoms with E-state index in [1.165, 1.54) is 24.2 Å². The van der Waals surface area contributed by atoms with E-state index in [4.69, 9.17) is 5.73 Å². The van der Waals surface area contributed by atoms with Gasteiger partial charge in [0.2, 0.25) is 0 Å². The number of aromatic nitrogens is 2. The number of fused-ring (bicyclic) bond motifs is 1. The second-order valence-corrected chi connectivity index (χ2v) is 6.46. The average Bonchev–Trinajstić information content (AvgIpc) is 2.88. The minimum atomic E-state index is -0.0330. The minimum Gasteiger partial charge on any atom is -0.329 e. The first kappa shape index (κ1) is 16.4. The summed E-state index contributed by atoms with van der Waals surface area (Å²) < 4.78 is 0.705. The summed E-state index contributed by atoms with van der Waals surface area (Å²) >= 11 is 1.43. The van der Waals surface area contributed by atoms with Crippen LogP contribution in [0.15, 0.2) is 16.2 Å². The Morgan fingerprint density at radius 1 is 1.57 bits per heavy atom. The average molecular weight is 329 g/mol. The fraction of sp³-hybridized carbons (Fsp3) is 0.571. The molecule has 0 spiro atoms. The van der Waals surface area contributed by atoms with E-state index in [0.29, 0.717) is 29.7 Å². The van der Waals surface area contributed by atoms with Gasteiger partial charge in [-0.2, -0.15) is 0 Å². The molecule has 3 heterocycles. The zero-order valence-corrected chi connectivity index (χ0v) is 13.7. The molecule has 1 fully saturated rings. The number of thiophene rings is 1. The molecule has 2 aromatic rings. The van der Waals surface area contributed by atoms with E-state index in [1.54, 1.807) is 0 Å². The van der Waals surface area contributed by atoms with Crippen LogP contribution in [0.2, 0.25) is 0 Å². The Morgan fingerprint density at radius 2 is 2.38 bits per heavy atom. The Kier molecular flexibility index (Phi) is 5.37. The molecule has 5 nitrogen and oxygen atoms in total. The number of aromatic amines is 1. The standard InChI is InChI=1S/C14H20N4OS.ClH/c1-9-3-2-5-18(11(9)7-15)8-12-16-10-4-6-20-13(10)14(19)17-12;/h4,6,9,11H,2-3,5,7-8,15H2,1H3,(H,16,17,19);1H. The quantitative estimate of drug-likeness (QED) is 0.903. The third kappa shape index (κ3) is 3.29. The van der Waals surface area contributed by atoms with Gasteiger partial charge in [-0.1, -0.05) is 6.92 Å². The number of rotatable bonds is 3. The van der Waals surface area contributed by atoms with Gasteiger partial charge in [-0.3, -0.25) is 9.69 Å². The molecule has 0 radical (unpaired) electrons. The molecule has 21 heavy (non-hydrogen) atoms. The van der Waals surface area contributed by atoms with Gasteiger partial charge in [0.25, 0.3) is 5.56 Å². The molecule has 2 aromatic heterocycles. The summed E-state index contributed by atoms with van der Waals surface area (Å²) in [4.78, 5) is 21.8. The number of halogens is 1. The Labute approximate surface area is 134 Å². The maximum Gasteiger partial charge on any atom is 0.268 e. The summed E-state index contributed by atoms with van der Waals surface area (Å²) in [7, 11) is 0. The van der Waals surface area contributed by atoms with E-state index in [2.05, 4.69) is 21.8 Å². The van der Waals surface area contributed by atoms with Crippen LogP contribution in [0.4, 0.5) is 0 Å². The number of hydrogen-bond acceptors (Lipinski definition) is 5. The van der Waals surface area contributed by atoms with Gasteiger partial charge in [0, 0.05) is 12.6 Å². The van der Waals surface area contributed by atoms with Crippen molar-refractivity contribution >= 4 is 34.0 Å². The van der Waals surface area contributed by atoms with Gasteiger partial charge in [0.1, 0.15) is 10.5 Å². The lowest BCUT2D eigenvalue weighted by atomic mass is 9.91. The number of hydrogen-bond donors (Lipinski definition) is 2. The summed E-state index contributed by atoms with van der Waals surface area (Å²) in [6, 6.07) is 2.28. The van der Waals surface area contributed by atoms with E-state index in [1.807, 2.05) is 11.4 Å². The van der Waals surface area contributed by atoms with E-state index in [-0.39, 0.29) is 18.0 Å². The lowest BCUT2D eigenvalue weighted by Crippen LogP contribution is -2.48. The topological polar surface area (TPSA) is 75.0 Å². The van der Waals surface area contributed by atoms with Gasteiger partial charge in [-0.25, -0.2) is 4.98 Å². The number of nitrogens with two attached hydrogens (primary N) is 1. The van der Waals surface area contributed by atoms with Crippen molar-refractivity contribution in [1.82, 2.24) is 14.9 Å². The van der Waals surface area contributed by atoms with Crippen LogP contribution >= 0.6 is 23.7 Å². The molecule has 0 amide bonds. The molecule has 0 saturated carbocycles. The highest BCUT2D eigenvalue weighted by atomic mass is 35.5. The zero-order valence-electron chi connectivity index (χ0n) is 12.0. The maximum absolute atomic E-state index is 12.0. The third-order valence-corrected chi connectivity index (χ3v) is 5.09. The van der Waals surface area contributed by atoms with Crippen LogP contribution in [0, 0.1) is 5.92 Å². The molecular weight excluding hydrogens is 308 g/mol. The molecule has 1 aliphatic rings. The second-order valence-electron chi connectivity index (χ2n) is 5.54. The lowest BCUT2D eigenvalue weighted by molar-refractivity contribution is 0.0964. The first-order valence-corrected chi connectivity index (χ1v) is 7.97. The van der Waals surface area contributed by atoms with Crippen LogP contribution in [0.5, 0.6) is 0 Å². The van der Waals surface area contributed by atoms with E-state index >= 15 is 0 Å². The first-order valence-electron chi connectivity index (χ1n) is 7.09. The molecule has 3 rings (SSSR count). The molecule has 7 heteroatoms. The molecule has 0 bridgehead atoms. The van der Waals surface area contributed by atoms with Gasteiger partial charge in [-0.15, -0.1) is 23.7 Å². The molecule has 0 aromatic carbocycles. The monoisotopic (exact) mass is 328 g/mol. The zero-order chi connectivity index (χ0) is 14.1. The van der Waals surface area contributed by atoms with Crippen LogP contribution in [-0.4, -0.2) is 34.0 Å². The lowest BCUT2D eigenvalue weighted by Gasteiger charge is -2.39. The number of likely N-dealkylation sites (tertiary alicyclic amines) is 1. The van der Waals surface area contributed by atoms with Crippen molar-refractivity contribution in [2.75, 3.05) is 13.1 Å². The summed E-state index contributed by atoms with van der Waals surface area (Å²) in [6.45, 7) is 4.61. The Hall–Kier alpha value is -0.950. The SMILES string of the molecule is CC1CCCN(Cc2nc3ccsc3c(=O)[nH]2)C1CN.Cl. The Bertz CT molecular complexity index is 656. The fourth-order valence-corrected chi connectivity index (χ4v) is 3.83.